The Kier molecular flexibility index (Phi) is 12.0. The second kappa shape index (κ2) is 13.2. The van der Waals surface area contributed by atoms with Crippen molar-refractivity contribution in [1.29, 1.82) is 0 Å². The number of phenolic OH excluding ortho intramolecular Hbond substituents is 1. The van der Waals surface area contributed by atoms with Crippen LogP contribution in [0.2, 0.25) is 0 Å². The van der Waals surface area contributed by atoms with Crippen molar-refractivity contribution in [1.82, 2.24) is 0 Å². The summed E-state index contributed by atoms with van der Waals surface area (Å²) >= 11 is 0. The number of phenols is 1. The van der Waals surface area contributed by atoms with Crippen molar-refractivity contribution < 1.29 is 5.11 Å². The number of aromatic hydroxyl groups is 1. The van der Waals surface area contributed by atoms with Crippen molar-refractivity contribution in [2.45, 2.75) is 169 Å². The fraction of sp³-hybridized carbons (Fsp3) is 0.812. The van der Waals surface area contributed by atoms with Gasteiger partial charge in [0.1, 0.15) is 5.75 Å². The van der Waals surface area contributed by atoms with E-state index in [1.54, 1.807) is 5.56 Å². The Hall–Kier alpha value is -0.980. The minimum Gasteiger partial charge on any atom is -0.507 e. The van der Waals surface area contributed by atoms with E-state index in [0.717, 1.165) is 12.0 Å². The molecule has 0 spiro atoms. The molecule has 0 radical (unpaired) electrons. The van der Waals surface area contributed by atoms with Crippen molar-refractivity contribution in [3.05, 3.63) is 28.3 Å². The van der Waals surface area contributed by atoms with Crippen molar-refractivity contribution >= 4 is 0 Å². The third kappa shape index (κ3) is 8.03. The van der Waals surface area contributed by atoms with Crippen molar-refractivity contribution in [3.8, 4) is 5.75 Å². The van der Waals surface area contributed by atoms with E-state index in [2.05, 4.69) is 75.3 Å². The Morgan fingerprint density at radius 3 is 1.52 bits per heavy atom. The van der Waals surface area contributed by atoms with Crippen molar-refractivity contribution in [3.63, 3.8) is 0 Å². The second-order valence-electron chi connectivity index (χ2n) is 12.7. The summed E-state index contributed by atoms with van der Waals surface area (Å²) in [5.74, 6) is 0.568. The first-order chi connectivity index (χ1) is 15.4. The van der Waals surface area contributed by atoms with Gasteiger partial charge in [0.05, 0.1) is 0 Å². The molecular weight excluding hydrogens is 400 g/mol. The lowest BCUT2D eigenvalue weighted by Gasteiger charge is -2.41. The predicted molar refractivity (Wildman–Crippen MR) is 149 cm³/mol. The summed E-state index contributed by atoms with van der Waals surface area (Å²) in [5.41, 5.74) is 5.54. The standard InChI is InChI=1S/C32H58O/c1-11-15-19-23-32(21-17-13-3,22-18-14-4)26-24-27(30(5,6)7)29(33)28(31(8,9)10)25(26)20-16-12-2/h24,33H,11-23H2,1-10H3. The van der Waals surface area contributed by atoms with Crippen LogP contribution in [0.3, 0.4) is 0 Å². The molecule has 0 aliphatic rings. The highest BCUT2D eigenvalue weighted by Crippen LogP contribution is 2.49. The largest absolute Gasteiger partial charge is 0.507 e. The number of unbranched alkanes of at least 4 members (excludes halogenated alkanes) is 5. The van der Waals surface area contributed by atoms with E-state index in [0.29, 0.717) is 5.75 Å². The molecule has 1 aromatic rings. The molecule has 0 unspecified atom stereocenters. The Morgan fingerprint density at radius 2 is 1.09 bits per heavy atom. The normalized spacial score (nSPS) is 13.0. The molecule has 0 fully saturated rings. The maximum absolute atomic E-state index is 11.7. The summed E-state index contributed by atoms with van der Waals surface area (Å²) in [6.07, 6.45) is 16.3. The summed E-state index contributed by atoms with van der Waals surface area (Å²) in [5, 5.41) is 11.7. The summed E-state index contributed by atoms with van der Waals surface area (Å²) < 4.78 is 0. The molecule has 33 heavy (non-hydrogen) atoms. The van der Waals surface area contributed by atoms with Gasteiger partial charge in [-0.15, -0.1) is 0 Å². The smallest absolute Gasteiger partial charge is 0.123 e. The van der Waals surface area contributed by atoms with Crippen LogP contribution in [0.1, 0.15) is 169 Å². The van der Waals surface area contributed by atoms with Gasteiger partial charge >= 0.3 is 0 Å². The Labute approximate surface area is 208 Å². The molecule has 1 heteroatoms. The van der Waals surface area contributed by atoms with Gasteiger partial charge in [-0.3, -0.25) is 0 Å². The third-order valence-corrected chi connectivity index (χ3v) is 7.59. The minimum absolute atomic E-state index is 0.0756. The molecule has 1 N–H and O–H groups in total. The van der Waals surface area contributed by atoms with Crippen LogP contribution in [0.15, 0.2) is 6.07 Å². The van der Waals surface area contributed by atoms with Gasteiger partial charge in [0.2, 0.25) is 0 Å². The van der Waals surface area contributed by atoms with Crippen LogP contribution in [-0.2, 0) is 22.7 Å². The monoisotopic (exact) mass is 458 g/mol. The van der Waals surface area contributed by atoms with E-state index < -0.39 is 0 Å². The number of benzene rings is 1. The van der Waals surface area contributed by atoms with Gasteiger partial charge in [0.15, 0.2) is 0 Å². The minimum atomic E-state index is -0.0766. The van der Waals surface area contributed by atoms with Gasteiger partial charge < -0.3 is 5.11 Å². The molecule has 192 valence electrons. The van der Waals surface area contributed by atoms with Crippen LogP contribution in [0.5, 0.6) is 5.75 Å². The van der Waals surface area contributed by atoms with Crippen LogP contribution < -0.4 is 0 Å². The zero-order valence-electron chi connectivity index (χ0n) is 24.2. The summed E-state index contributed by atoms with van der Waals surface area (Å²) in [6.45, 7) is 23.0. The van der Waals surface area contributed by atoms with Gasteiger partial charge in [-0.05, 0) is 65.0 Å². The fourth-order valence-corrected chi connectivity index (χ4v) is 5.70. The first-order valence-corrected chi connectivity index (χ1v) is 14.3. The van der Waals surface area contributed by atoms with Gasteiger partial charge in [0, 0.05) is 5.56 Å². The molecule has 0 amide bonds. The van der Waals surface area contributed by atoms with Crippen molar-refractivity contribution in [2.24, 2.45) is 0 Å². The van der Waals surface area contributed by atoms with Crippen LogP contribution in [-0.4, -0.2) is 5.11 Å². The molecule has 0 bridgehead atoms. The lowest BCUT2D eigenvalue weighted by atomic mass is 9.64. The molecule has 1 rings (SSSR count). The molecule has 1 aromatic carbocycles. The lowest BCUT2D eigenvalue weighted by Crippen LogP contribution is -2.31. The fourth-order valence-electron chi connectivity index (χ4n) is 5.70. The van der Waals surface area contributed by atoms with E-state index in [1.165, 1.54) is 88.2 Å². The van der Waals surface area contributed by atoms with Crippen LogP contribution in [0.4, 0.5) is 0 Å². The highest BCUT2D eigenvalue weighted by molar-refractivity contribution is 5.57. The summed E-state index contributed by atoms with van der Waals surface area (Å²) in [7, 11) is 0. The van der Waals surface area contributed by atoms with E-state index >= 15 is 0 Å². The number of hydrogen-bond donors (Lipinski definition) is 1. The van der Waals surface area contributed by atoms with Gasteiger partial charge in [-0.1, -0.05) is 127 Å². The molecule has 0 saturated carbocycles. The highest BCUT2D eigenvalue weighted by Gasteiger charge is 2.38. The summed E-state index contributed by atoms with van der Waals surface area (Å²) in [6, 6.07) is 2.48. The SMILES string of the molecule is CCCCCC(CCCC)(CCCC)c1cc(C(C)(C)C)c(O)c(C(C)(C)C)c1CCCC. The van der Waals surface area contributed by atoms with E-state index in [1.807, 2.05) is 0 Å². The quantitative estimate of drug-likeness (QED) is 0.275. The molecule has 0 aromatic heterocycles. The Morgan fingerprint density at radius 1 is 0.606 bits per heavy atom. The molecular formula is C32H58O. The highest BCUT2D eigenvalue weighted by atomic mass is 16.3. The molecule has 0 atom stereocenters. The average molecular weight is 459 g/mol. The molecule has 1 nitrogen and oxygen atoms in total. The van der Waals surface area contributed by atoms with Crippen LogP contribution in [0, 0.1) is 0 Å². The van der Waals surface area contributed by atoms with Crippen LogP contribution in [0.25, 0.3) is 0 Å². The first-order valence-electron chi connectivity index (χ1n) is 14.3. The third-order valence-electron chi connectivity index (χ3n) is 7.59. The maximum atomic E-state index is 11.7. The number of hydrogen-bond acceptors (Lipinski definition) is 1. The Balaban J connectivity index is 4.04. The van der Waals surface area contributed by atoms with Crippen LogP contribution >= 0.6 is 0 Å². The maximum Gasteiger partial charge on any atom is 0.123 e. The zero-order chi connectivity index (χ0) is 25.3. The predicted octanol–water partition coefficient (Wildman–Crippen LogP) is 10.5. The molecule has 0 aliphatic carbocycles. The topological polar surface area (TPSA) is 20.2 Å². The van der Waals surface area contributed by atoms with Gasteiger partial charge in [-0.25, -0.2) is 0 Å². The second-order valence-corrected chi connectivity index (χ2v) is 12.7. The van der Waals surface area contributed by atoms with Crippen molar-refractivity contribution in [2.75, 3.05) is 0 Å². The average Bonchev–Trinajstić information content (AvgIpc) is 2.72. The number of rotatable bonds is 14. The Bertz CT molecular complexity index is 691. The van der Waals surface area contributed by atoms with Gasteiger partial charge in [-0.2, -0.15) is 0 Å². The summed E-state index contributed by atoms with van der Waals surface area (Å²) in [4.78, 5) is 0. The van der Waals surface area contributed by atoms with E-state index in [4.69, 9.17) is 0 Å². The molecule has 0 saturated heterocycles. The van der Waals surface area contributed by atoms with E-state index in [9.17, 15) is 5.11 Å². The first kappa shape index (κ1) is 30.1. The molecule has 0 heterocycles. The van der Waals surface area contributed by atoms with Gasteiger partial charge in [0.25, 0.3) is 0 Å². The van der Waals surface area contributed by atoms with E-state index in [-0.39, 0.29) is 16.2 Å². The molecule has 0 aliphatic heterocycles. The zero-order valence-corrected chi connectivity index (χ0v) is 24.2. The lowest BCUT2D eigenvalue weighted by molar-refractivity contribution is 0.302.